The molecule has 0 spiro atoms. The fourth-order valence-corrected chi connectivity index (χ4v) is 1.56. The number of carbonyl (C=O) groups excluding carboxylic acids is 1. The summed E-state index contributed by atoms with van der Waals surface area (Å²) in [7, 11) is 1.71. The summed E-state index contributed by atoms with van der Waals surface area (Å²) in [5, 5.41) is 7.65. The summed E-state index contributed by atoms with van der Waals surface area (Å²) in [5.41, 5.74) is 6.65. The lowest BCUT2D eigenvalue weighted by Crippen LogP contribution is -2.26. The highest BCUT2D eigenvalue weighted by atomic mass is 16.3. The molecule has 2 heterocycles. The van der Waals surface area contributed by atoms with Gasteiger partial charge < -0.3 is 15.1 Å². The van der Waals surface area contributed by atoms with Crippen molar-refractivity contribution in [3.63, 3.8) is 0 Å². The van der Waals surface area contributed by atoms with Gasteiger partial charge in [0.25, 0.3) is 5.91 Å². The van der Waals surface area contributed by atoms with Gasteiger partial charge in [-0.2, -0.15) is 0 Å². The van der Waals surface area contributed by atoms with E-state index in [9.17, 15) is 4.79 Å². The maximum atomic E-state index is 12.0. The van der Waals surface area contributed by atoms with E-state index >= 15 is 0 Å². The Hall–Kier alpha value is -2.15. The molecule has 0 bridgehead atoms. The number of carbonyl (C=O) groups is 1. The van der Waals surface area contributed by atoms with Gasteiger partial charge in [-0.1, -0.05) is 5.21 Å². The Balaban J connectivity index is 2.01. The summed E-state index contributed by atoms with van der Waals surface area (Å²) in [6, 6.07) is 1.81. The molecular formula is C11H15N5O2. The van der Waals surface area contributed by atoms with Crippen LogP contribution in [-0.2, 0) is 13.1 Å². The van der Waals surface area contributed by atoms with E-state index < -0.39 is 0 Å². The normalized spacial score (nSPS) is 10.6. The van der Waals surface area contributed by atoms with E-state index in [1.807, 2.05) is 6.07 Å². The molecule has 0 saturated carbocycles. The Bertz CT molecular complexity index is 505. The van der Waals surface area contributed by atoms with Gasteiger partial charge in [-0.3, -0.25) is 9.48 Å². The third-order valence-corrected chi connectivity index (χ3v) is 2.46. The van der Waals surface area contributed by atoms with Crippen molar-refractivity contribution in [2.24, 2.45) is 5.73 Å². The average Bonchev–Trinajstić information content (AvgIpc) is 3.00. The van der Waals surface area contributed by atoms with Crippen LogP contribution in [-0.4, -0.2) is 39.4 Å². The number of aromatic nitrogens is 3. The van der Waals surface area contributed by atoms with Gasteiger partial charge >= 0.3 is 0 Å². The minimum absolute atomic E-state index is 0.181. The molecule has 2 rings (SSSR count). The van der Waals surface area contributed by atoms with Crippen LogP contribution < -0.4 is 5.73 Å². The van der Waals surface area contributed by atoms with Crippen molar-refractivity contribution in [1.82, 2.24) is 19.9 Å². The van der Waals surface area contributed by atoms with E-state index in [2.05, 4.69) is 10.3 Å². The molecule has 96 valence electrons. The Morgan fingerprint density at radius 1 is 1.61 bits per heavy atom. The van der Waals surface area contributed by atoms with E-state index in [1.165, 1.54) is 0 Å². The van der Waals surface area contributed by atoms with Gasteiger partial charge in [0.15, 0.2) is 5.69 Å². The maximum absolute atomic E-state index is 12.0. The van der Waals surface area contributed by atoms with Crippen LogP contribution in [0.3, 0.4) is 0 Å². The van der Waals surface area contributed by atoms with E-state index in [1.54, 1.807) is 35.4 Å². The van der Waals surface area contributed by atoms with Crippen LogP contribution in [0.1, 0.15) is 16.1 Å². The fourth-order valence-electron chi connectivity index (χ4n) is 1.56. The van der Waals surface area contributed by atoms with Gasteiger partial charge in [-0.15, -0.1) is 5.10 Å². The van der Waals surface area contributed by atoms with Crippen molar-refractivity contribution in [3.8, 4) is 0 Å². The SMILES string of the molecule is CN(Cc1ccoc1)C(=O)c1cn(CCN)nn1. The summed E-state index contributed by atoms with van der Waals surface area (Å²) in [5.74, 6) is -0.181. The standard InChI is InChI=1S/C11H15N5O2/c1-15(6-9-2-5-18-8-9)11(17)10-7-16(4-3-12)14-13-10/h2,5,7-8H,3-4,6,12H2,1H3. The van der Waals surface area contributed by atoms with Crippen LogP contribution in [0, 0.1) is 0 Å². The summed E-state index contributed by atoms with van der Waals surface area (Å²) in [6.45, 7) is 1.48. The first kappa shape index (κ1) is 12.3. The number of rotatable bonds is 5. The maximum Gasteiger partial charge on any atom is 0.276 e. The molecule has 0 atom stereocenters. The molecule has 2 aromatic heterocycles. The molecule has 2 N–H and O–H groups in total. The van der Waals surface area contributed by atoms with Gasteiger partial charge in [0.1, 0.15) is 0 Å². The van der Waals surface area contributed by atoms with Crippen LogP contribution in [0.15, 0.2) is 29.2 Å². The third-order valence-electron chi connectivity index (χ3n) is 2.46. The number of hydrogen-bond donors (Lipinski definition) is 1. The lowest BCUT2D eigenvalue weighted by Gasteiger charge is -2.13. The van der Waals surface area contributed by atoms with Crippen molar-refractivity contribution in [1.29, 1.82) is 0 Å². The van der Waals surface area contributed by atoms with Crippen molar-refractivity contribution in [2.75, 3.05) is 13.6 Å². The van der Waals surface area contributed by atoms with Gasteiger partial charge in [0.05, 0.1) is 25.3 Å². The predicted octanol–water partition coefficient (Wildman–Crippen LogP) is 0.102. The molecular weight excluding hydrogens is 234 g/mol. The molecule has 2 aromatic rings. The second-order valence-electron chi connectivity index (χ2n) is 3.95. The van der Waals surface area contributed by atoms with E-state index in [0.29, 0.717) is 25.3 Å². The van der Waals surface area contributed by atoms with Crippen LogP contribution in [0.5, 0.6) is 0 Å². The first-order valence-corrected chi connectivity index (χ1v) is 5.57. The lowest BCUT2D eigenvalue weighted by atomic mass is 10.3. The number of nitrogens with two attached hydrogens (primary N) is 1. The van der Waals surface area contributed by atoms with Crippen molar-refractivity contribution in [3.05, 3.63) is 36.0 Å². The number of amides is 1. The highest BCUT2D eigenvalue weighted by molar-refractivity contribution is 5.91. The van der Waals surface area contributed by atoms with E-state index in [0.717, 1.165) is 5.56 Å². The lowest BCUT2D eigenvalue weighted by molar-refractivity contribution is 0.0779. The second kappa shape index (κ2) is 5.46. The third kappa shape index (κ3) is 2.75. The average molecular weight is 249 g/mol. The van der Waals surface area contributed by atoms with Crippen molar-refractivity contribution >= 4 is 5.91 Å². The van der Waals surface area contributed by atoms with Crippen molar-refractivity contribution in [2.45, 2.75) is 13.1 Å². The summed E-state index contributed by atoms with van der Waals surface area (Å²) < 4.78 is 6.51. The molecule has 7 nitrogen and oxygen atoms in total. The fraction of sp³-hybridized carbons (Fsp3) is 0.364. The van der Waals surface area contributed by atoms with Gasteiger partial charge in [-0.25, -0.2) is 0 Å². The number of nitrogens with zero attached hydrogens (tertiary/aromatic N) is 4. The topological polar surface area (TPSA) is 90.2 Å². The predicted molar refractivity (Wildman–Crippen MR) is 63.6 cm³/mol. The minimum Gasteiger partial charge on any atom is -0.472 e. The number of hydrogen-bond acceptors (Lipinski definition) is 5. The van der Waals surface area contributed by atoms with Crippen LogP contribution >= 0.6 is 0 Å². The highest BCUT2D eigenvalue weighted by Gasteiger charge is 2.16. The first-order chi connectivity index (χ1) is 8.70. The molecule has 1 amide bonds. The second-order valence-corrected chi connectivity index (χ2v) is 3.95. The van der Waals surface area contributed by atoms with Gasteiger partial charge in [-0.05, 0) is 6.07 Å². The molecule has 0 aliphatic carbocycles. The molecule has 0 radical (unpaired) electrons. The largest absolute Gasteiger partial charge is 0.472 e. The molecule has 0 unspecified atom stereocenters. The molecule has 0 saturated heterocycles. The Morgan fingerprint density at radius 2 is 2.44 bits per heavy atom. The zero-order chi connectivity index (χ0) is 13.0. The van der Waals surface area contributed by atoms with Crippen LogP contribution in [0.2, 0.25) is 0 Å². The summed E-state index contributed by atoms with van der Waals surface area (Å²) in [6.07, 6.45) is 4.78. The van der Waals surface area contributed by atoms with Gasteiger partial charge in [0, 0.05) is 25.7 Å². The molecule has 18 heavy (non-hydrogen) atoms. The van der Waals surface area contributed by atoms with Crippen molar-refractivity contribution < 1.29 is 9.21 Å². The smallest absolute Gasteiger partial charge is 0.276 e. The molecule has 7 heteroatoms. The van der Waals surface area contributed by atoms with Crippen LogP contribution in [0.25, 0.3) is 0 Å². The molecule has 0 fully saturated rings. The van der Waals surface area contributed by atoms with E-state index in [-0.39, 0.29) is 5.91 Å². The Morgan fingerprint density at radius 3 is 3.11 bits per heavy atom. The van der Waals surface area contributed by atoms with E-state index in [4.69, 9.17) is 10.2 Å². The quantitative estimate of drug-likeness (QED) is 0.811. The molecule has 0 aromatic carbocycles. The molecule has 0 aliphatic heterocycles. The zero-order valence-corrected chi connectivity index (χ0v) is 10.1. The highest BCUT2D eigenvalue weighted by Crippen LogP contribution is 2.06. The Kier molecular flexibility index (Phi) is 3.73. The molecule has 0 aliphatic rings. The van der Waals surface area contributed by atoms with Crippen LogP contribution in [0.4, 0.5) is 0 Å². The monoisotopic (exact) mass is 249 g/mol. The van der Waals surface area contributed by atoms with Gasteiger partial charge in [0.2, 0.25) is 0 Å². The zero-order valence-electron chi connectivity index (χ0n) is 10.1. The number of furan rings is 1. The summed E-state index contributed by atoms with van der Waals surface area (Å²) in [4.78, 5) is 13.6. The minimum atomic E-state index is -0.181. The first-order valence-electron chi connectivity index (χ1n) is 5.57. The Labute approximate surface area is 104 Å². The summed E-state index contributed by atoms with van der Waals surface area (Å²) >= 11 is 0.